The van der Waals surface area contributed by atoms with Crippen LogP contribution in [0.3, 0.4) is 0 Å². The molecular formula is C28H58O3. The first-order chi connectivity index (χ1) is 15.2. The van der Waals surface area contributed by atoms with Gasteiger partial charge in [-0.05, 0) is 37.5 Å². The molecule has 0 saturated heterocycles. The van der Waals surface area contributed by atoms with Crippen LogP contribution in [0.5, 0.6) is 0 Å². The van der Waals surface area contributed by atoms with E-state index < -0.39 is 0 Å². The third kappa shape index (κ3) is 20.2. The minimum Gasteiger partial charge on any atom is -0.396 e. The Hall–Kier alpha value is -0.120. The highest BCUT2D eigenvalue weighted by atomic mass is 16.5. The quantitative estimate of drug-likeness (QED) is 0.145. The van der Waals surface area contributed by atoms with E-state index in [1.54, 1.807) is 0 Å². The van der Waals surface area contributed by atoms with Gasteiger partial charge in [0.05, 0.1) is 19.8 Å². The summed E-state index contributed by atoms with van der Waals surface area (Å²) in [6.45, 7) is 12.2. The van der Waals surface area contributed by atoms with Crippen LogP contribution in [0.15, 0.2) is 0 Å². The third-order valence-electron chi connectivity index (χ3n) is 6.54. The van der Waals surface area contributed by atoms with Crippen LogP contribution in [0.1, 0.15) is 130 Å². The van der Waals surface area contributed by atoms with Crippen molar-refractivity contribution in [2.75, 3.05) is 33.0 Å². The van der Waals surface area contributed by atoms with Gasteiger partial charge >= 0.3 is 0 Å². The number of aliphatic hydroxyl groups is 1. The fourth-order valence-electron chi connectivity index (χ4n) is 4.31. The van der Waals surface area contributed by atoms with Gasteiger partial charge in [-0.25, -0.2) is 0 Å². The predicted octanol–water partition coefficient (Wildman–Crippen LogP) is 8.18. The van der Waals surface area contributed by atoms with Gasteiger partial charge < -0.3 is 14.6 Å². The molecule has 0 amide bonds. The van der Waals surface area contributed by atoms with Gasteiger partial charge in [-0.1, -0.05) is 105 Å². The first-order valence-corrected chi connectivity index (χ1v) is 14.0. The summed E-state index contributed by atoms with van der Waals surface area (Å²) in [5.74, 6) is 1.47. The summed E-state index contributed by atoms with van der Waals surface area (Å²) in [6.07, 6.45) is 20.9. The Bertz CT molecular complexity index is 284. The molecule has 0 aliphatic carbocycles. The summed E-state index contributed by atoms with van der Waals surface area (Å²) < 4.78 is 12.2. The molecule has 0 fully saturated rings. The Balaban J connectivity index is 4.21. The highest BCUT2D eigenvalue weighted by Gasteiger charge is 2.14. The molecule has 3 heteroatoms. The monoisotopic (exact) mass is 442 g/mol. The van der Waals surface area contributed by atoms with Crippen LogP contribution >= 0.6 is 0 Å². The summed E-state index contributed by atoms with van der Waals surface area (Å²) in [7, 11) is 0. The van der Waals surface area contributed by atoms with E-state index in [9.17, 15) is 5.11 Å². The van der Waals surface area contributed by atoms with Crippen molar-refractivity contribution in [1.82, 2.24) is 0 Å². The molecule has 0 unspecified atom stereocenters. The highest BCUT2D eigenvalue weighted by Crippen LogP contribution is 2.20. The molecule has 0 aliphatic rings. The van der Waals surface area contributed by atoms with Crippen molar-refractivity contribution in [1.29, 1.82) is 0 Å². The fraction of sp³-hybridized carbons (Fsp3) is 1.00. The first-order valence-electron chi connectivity index (χ1n) is 14.0. The van der Waals surface area contributed by atoms with Gasteiger partial charge in [0.15, 0.2) is 0 Å². The summed E-state index contributed by atoms with van der Waals surface area (Å²) in [5, 5.41) is 9.79. The molecule has 0 aromatic rings. The molecule has 1 N–H and O–H groups in total. The Labute approximate surface area is 196 Å². The van der Waals surface area contributed by atoms with Crippen LogP contribution in [0.4, 0.5) is 0 Å². The number of rotatable bonds is 25. The Morgan fingerprint density at radius 1 is 0.452 bits per heavy atom. The smallest absolute Gasteiger partial charge is 0.0538 e. The molecule has 0 aromatic carbocycles. The molecule has 0 spiro atoms. The average molecular weight is 443 g/mol. The van der Waals surface area contributed by atoms with Crippen molar-refractivity contribution in [2.45, 2.75) is 130 Å². The van der Waals surface area contributed by atoms with E-state index >= 15 is 0 Å². The first kappa shape index (κ1) is 30.9. The zero-order valence-corrected chi connectivity index (χ0v) is 21.8. The fourth-order valence-corrected chi connectivity index (χ4v) is 4.31. The van der Waals surface area contributed by atoms with Crippen LogP contribution in [0.25, 0.3) is 0 Å². The molecule has 0 saturated carbocycles. The van der Waals surface area contributed by atoms with Crippen molar-refractivity contribution < 1.29 is 14.6 Å². The van der Waals surface area contributed by atoms with Gasteiger partial charge in [0.25, 0.3) is 0 Å². The number of hydrogen-bond acceptors (Lipinski definition) is 3. The lowest BCUT2D eigenvalue weighted by molar-refractivity contribution is -0.00528. The van der Waals surface area contributed by atoms with Gasteiger partial charge in [0, 0.05) is 19.1 Å². The molecule has 0 radical (unpaired) electrons. The number of unbranched alkanes of at least 4 members (excludes halogenated alkanes) is 8. The van der Waals surface area contributed by atoms with Gasteiger partial charge in [-0.3, -0.25) is 0 Å². The van der Waals surface area contributed by atoms with E-state index in [0.29, 0.717) is 25.0 Å². The Morgan fingerprint density at radius 2 is 0.742 bits per heavy atom. The van der Waals surface area contributed by atoms with E-state index in [0.717, 1.165) is 13.2 Å². The predicted molar refractivity (Wildman–Crippen MR) is 136 cm³/mol. The van der Waals surface area contributed by atoms with Crippen LogP contribution in [0.2, 0.25) is 0 Å². The Kier molecular flexibility index (Phi) is 24.4. The third-order valence-corrected chi connectivity index (χ3v) is 6.54. The second-order valence-electron chi connectivity index (χ2n) is 9.84. The van der Waals surface area contributed by atoms with Gasteiger partial charge in [-0.15, -0.1) is 0 Å². The number of hydrogen-bond donors (Lipinski definition) is 1. The highest BCUT2D eigenvalue weighted by molar-refractivity contribution is 4.63. The van der Waals surface area contributed by atoms with Crippen LogP contribution in [0, 0.1) is 17.8 Å². The van der Waals surface area contributed by atoms with Crippen molar-refractivity contribution >= 4 is 0 Å². The topological polar surface area (TPSA) is 38.7 Å². The maximum Gasteiger partial charge on any atom is 0.0538 e. The summed E-state index contributed by atoms with van der Waals surface area (Å²) in [5.41, 5.74) is 0. The minimum absolute atomic E-state index is 0.110. The molecule has 0 atom stereocenters. The summed E-state index contributed by atoms with van der Waals surface area (Å²) >= 11 is 0. The van der Waals surface area contributed by atoms with E-state index in [4.69, 9.17) is 9.47 Å². The van der Waals surface area contributed by atoms with Crippen LogP contribution in [-0.4, -0.2) is 38.1 Å². The molecule has 188 valence electrons. The standard InChI is InChI=1S/C28H58O3/c1-5-9-13-17-26(18-14-10-6-2)22-30-24-28(21-29)25-31-23-27(19-15-11-7-3)20-16-12-8-4/h26-29H,5-25H2,1-4H3. The summed E-state index contributed by atoms with van der Waals surface area (Å²) in [6, 6.07) is 0. The molecule has 31 heavy (non-hydrogen) atoms. The van der Waals surface area contributed by atoms with E-state index in [1.165, 1.54) is 103 Å². The van der Waals surface area contributed by atoms with Crippen LogP contribution in [-0.2, 0) is 9.47 Å². The summed E-state index contributed by atoms with van der Waals surface area (Å²) in [4.78, 5) is 0. The lowest BCUT2D eigenvalue weighted by Crippen LogP contribution is -2.23. The lowest BCUT2D eigenvalue weighted by atomic mass is 9.95. The molecule has 0 bridgehead atoms. The normalized spacial score (nSPS) is 12.0. The Morgan fingerprint density at radius 3 is 1.00 bits per heavy atom. The molecule has 0 heterocycles. The van der Waals surface area contributed by atoms with Gasteiger partial charge in [-0.2, -0.15) is 0 Å². The largest absolute Gasteiger partial charge is 0.396 e. The molecule has 0 aromatic heterocycles. The molecular weight excluding hydrogens is 384 g/mol. The SMILES string of the molecule is CCCCCC(CCCCC)COCC(CO)COCC(CCCCC)CCCCC. The molecule has 3 nitrogen and oxygen atoms in total. The number of ether oxygens (including phenoxy) is 2. The van der Waals surface area contributed by atoms with Gasteiger partial charge in [0.2, 0.25) is 0 Å². The zero-order valence-electron chi connectivity index (χ0n) is 21.8. The second kappa shape index (κ2) is 24.5. The number of aliphatic hydroxyl groups excluding tert-OH is 1. The van der Waals surface area contributed by atoms with Crippen molar-refractivity contribution in [3.05, 3.63) is 0 Å². The van der Waals surface area contributed by atoms with Crippen molar-refractivity contribution in [3.63, 3.8) is 0 Å². The van der Waals surface area contributed by atoms with E-state index in [-0.39, 0.29) is 12.5 Å². The zero-order chi connectivity index (χ0) is 23.0. The van der Waals surface area contributed by atoms with Crippen molar-refractivity contribution in [3.8, 4) is 0 Å². The van der Waals surface area contributed by atoms with Crippen molar-refractivity contribution in [2.24, 2.45) is 17.8 Å². The maximum atomic E-state index is 9.79. The molecule has 0 rings (SSSR count). The average Bonchev–Trinajstić information content (AvgIpc) is 2.77. The second-order valence-corrected chi connectivity index (χ2v) is 9.84. The van der Waals surface area contributed by atoms with Crippen LogP contribution < -0.4 is 0 Å². The lowest BCUT2D eigenvalue weighted by Gasteiger charge is -2.21. The maximum absolute atomic E-state index is 9.79. The van der Waals surface area contributed by atoms with Gasteiger partial charge in [0.1, 0.15) is 0 Å². The van der Waals surface area contributed by atoms with E-state index in [2.05, 4.69) is 27.7 Å². The van der Waals surface area contributed by atoms with E-state index in [1.807, 2.05) is 0 Å². The minimum atomic E-state index is 0.110. The molecule has 0 aliphatic heterocycles.